The standard InChI is InChI=1S/C20H18ClN5OS/c1-2-3-17-23-24-20-26(17)25-19(28-20)15-6-4-13(5-7-15)12-22-18(27)14-8-10-16(21)11-9-14/h4-11H,2-3,12H2,1H3,(H,22,27). The normalized spacial score (nSPS) is 11.1. The fourth-order valence-electron chi connectivity index (χ4n) is 2.80. The summed E-state index contributed by atoms with van der Waals surface area (Å²) in [5.41, 5.74) is 2.62. The van der Waals surface area contributed by atoms with E-state index >= 15 is 0 Å². The second-order valence-electron chi connectivity index (χ2n) is 6.35. The molecule has 1 amide bonds. The summed E-state index contributed by atoms with van der Waals surface area (Å²) in [6.07, 6.45) is 1.86. The van der Waals surface area contributed by atoms with Crippen molar-refractivity contribution in [3.8, 4) is 10.6 Å². The second kappa shape index (κ2) is 8.08. The molecule has 0 unspecified atom stereocenters. The number of carbonyl (C=O) groups excluding carboxylic acids is 1. The fourth-order valence-corrected chi connectivity index (χ4v) is 3.79. The van der Waals surface area contributed by atoms with Crippen LogP contribution >= 0.6 is 22.9 Å². The number of hydrogen-bond donors (Lipinski definition) is 1. The van der Waals surface area contributed by atoms with E-state index in [0.29, 0.717) is 17.1 Å². The Balaban J connectivity index is 1.43. The molecule has 0 atom stereocenters. The zero-order valence-corrected chi connectivity index (χ0v) is 16.8. The predicted octanol–water partition coefficient (Wildman–Crippen LogP) is 4.39. The summed E-state index contributed by atoms with van der Waals surface area (Å²) < 4.78 is 1.82. The van der Waals surface area contributed by atoms with Crippen LogP contribution in [0.4, 0.5) is 0 Å². The van der Waals surface area contributed by atoms with Gasteiger partial charge in [-0.15, -0.1) is 10.2 Å². The van der Waals surface area contributed by atoms with Gasteiger partial charge < -0.3 is 5.32 Å². The van der Waals surface area contributed by atoms with Crippen LogP contribution in [-0.4, -0.2) is 25.7 Å². The lowest BCUT2D eigenvalue weighted by atomic mass is 10.1. The van der Waals surface area contributed by atoms with Crippen LogP contribution in [-0.2, 0) is 13.0 Å². The number of aryl methyl sites for hydroxylation is 1. The number of rotatable bonds is 6. The van der Waals surface area contributed by atoms with E-state index in [1.807, 2.05) is 28.8 Å². The lowest BCUT2D eigenvalue weighted by Crippen LogP contribution is -2.22. The Morgan fingerprint density at radius 2 is 1.86 bits per heavy atom. The van der Waals surface area contributed by atoms with E-state index < -0.39 is 0 Å². The van der Waals surface area contributed by atoms with E-state index in [1.54, 1.807) is 24.3 Å². The minimum atomic E-state index is -0.127. The molecule has 4 rings (SSSR count). The summed E-state index contributed by atoms with van der Waals surface area (Å²) >= 11 is 7.37. The summed E-state index contributed by atoms with van der Waals surface area (Å²) in [6.45, 7) is 2.56. The highest BCUT2D eigenvalue weighted by molar-refractivity contribution is 7.19. The molecule has 1 N–H and O–H groups in total. The number of halogens is 1. The molecule has 0 spiro atoms. The maximum atomic E-state index is 12.2. The molecular formula is C20H18ClN5OS. The molecule has 0 aliphatic rings. The Hall–Kier alpha value is -2.77. The van der Waals surface area contributed by atoms with Crippen LogP contribution in [0.3, 0.4) is 0 Å². The Morgan fingerprint density at radius 3 is 2.57 bits per heavy atom. The fraction of sp³-hybridized carbons (Fsp3) is 0.200. The van der Waals surface area contributed by atoms with Crippen molar-refractivity contribution in [2.75, 3.05) is 0 Å². The van der Waals surface area contributed by atoms with Crippen LogP contribution in [0.5, 0.6) is 0 Å². The molecule has 0 saturated carbocycles. The quantitative estimate of drug-likeness (QED) is 0.510. The number of nitrogens with zero attached hydrogens (tertiary/aromatic N) is 4. The number of benzene rings is 2. The summed E-state index contributed by atoms with van der Waals surface area (Å²) in [5.74, 6) is 0.763. The first-order valence-corrected chi connectivity index (χ1v) is 10.2. The van der Waals surface area contributed by atoms with Crippen LogP contribution < -0.4 is 5.32 Å². The molecule has 2 aromatic carbocycles. The SMILES string of the molecule is CCCc1nnc2sc(-c3ccc(CNC(=O)c4ccc(Cl)cc4)cc3)nn12. The van der Waals surface area contributed by atoms with E-state index in [2.05, 4.69) is 27.5 Å². The van der Waals surface area contributed by atoms with Crippen molar-refractivity contribution in [1.29, 1.82) is 0 Å². The zero-order chi connectivity index (χ0) is 19.5. The minimum absolute atomic E-state index is 0.127. The Labute approximate surface area is 171 Å². The summed E-state index contributed by atoms with van der Waals surface area (Å²) in [7, 11) is 0. The number of hydrogen-bond acceptors (Lipinski definition) is 5. The maximum Gasteiger partial charge on any atom is 0.251 e. The van der Waals surface area contributed by atoms with Gasteiger partial charge in [-0.05, 0) is 36.2 Å². The number of fused-ring (bicyclic) bond motifs is 1. The van der Waals surface area contributed by atoms with Gasteiger partial charge in [-0.3, -0.25) is 4.79 Å². The van der Waals surface area contributed by atoms with Crippen molar-refractivity contribution in [2.24, 2.45) is 0 Å². The largest absolute Gasteiger partial charge is 0.348 e. The predicted molar refractivity (Wildman–Crippen MR) is 111 cm³/mol. The Morgan fingerprint density at radius 1 is 1.11 bits per heavy atom. The third-order valence-corrected chi connectivity index (χ3v) is 5.49. The lowest BCUT2D eigenvalue weighted by Gasteiger charge is -2.06. The van der Waals surface area contributed by atoms with Crippen LogP contribution in [0.2, 0.25) is 5.02 Å². The molecule has 0 fully saturated rings. The van der Waals surface area contributed by atoms with E-state index in [0.717, 1.165) is 39.8 Å². The van der Waals surface area contributed by atoms with E-state index in [-0.39, 0.29) is 5.91 Å². The van der Waals surface area contributed by atoms with Gasteiger partial charge in [0.25, 0.3) is 5.91 Å². The molecular weight excluding hydrogens is 394 g/mol. The van der Waals surface area contributed by atoms with Crippen LogP contribution in [0, 0.1) is 0 Å². The number of aromatic nitrogens is 4. The molecule has 4 aromatic rings. The van der Waals surface area contributed by atoms with E-state index in [9.17, 15) is 4.79 Å². The summed E-state index contributed by atoms with van der Waals surface area (Å²) in [5, 5.41) is 17.4. The molecule has 0 aliphatic carbocycles. The molecule has 0 bridgehead atoms. The first kappa shape index (κ1) is 18.6. The second-order valence-corrected chi connectivity index (χ2v) is 7.75. The molecule has 0 radical (unpaired) electrons. The van der Waals surface area contributed by atoms with Crippen LogP contribution in [0.1, 0.15) is 35.1 Å². The molecule has 0 aliphatic heterocycles. The lowest BCUT2D eigenvalue weighted by molar-refractivity contribution is 0.0951. The van der Waals surface area contributed by atoms with Gasteiger partial charge >= 0.3 is 0 Å². The van der Waals surface area contributed by atoms with Gasteiger partial charge in [0.15, 0.2) is 5.82 Å². The molecule has 6 nitrogen and oxygen atoms in total. The third-order valence-electron chi connectivity index (χ3n) is 4.29. The van der Waals surface area contributed by atoms with Gasteiger partial charge in [-0.1, -0.05) is 54.1 Å². The summed E-state index contributed by atoms with van der Waals surface area (Å²) in [4.78, 5) is 13.0. The average molecular weight is 412 g/mol. The van der Waals surface area contributed by atoms with Crippen LogP contribution in [0.15, 0.2) is 48.5 Å². The van der Waals surface area contributed by atoms with Crippen molar-refractivity contribution >= 4 is 33.8 Å². The molecule has 142 valence electrons. The van der Waals surface area contributed by atoms with Gasteiger partial charge in [0, 0.05) is 29.1 Å². The smallest absolute Gasteiger partial charge is 0.251 e. The highest BCUT2D eigenvalue weighted by Crippen LogP contribution is 2.26. The van der Waals surface area contributed by atoms with Crippen molar-refractivity contribution in [3.63, 3.8) is 0 Å². The van der Waals surface area contributed by atoms with Crippen molar-refractivity contribution in [3.05, 3.63) is 70.5 Å². The number of nitrogens with one attached hydrogen (secondary N) is 1. The molecule has 2 aromatic heterocycles. The van der Waals surface area contributed by atoms with Crippen LogP contribution in [0.25, 0.3) is 15.5 Å². The third kappa shape index (κ3) is 3.90. The first-order valence-electron chi connectivity index (χ1n) is 8.98. The summed E-state index contributed by atoms with van der Waals surface area (Å²) in [6, 6.07) is 14.8. The monoisotopic (exact) mass is 411 g/mol. The van der Waals surface area contributed by atoms with E-state index in [1.165, 1.54) is 11.3 Å². The topological polar surface area (TPSA) is 72.2 Å². The van der Waals surface area contributed by atoms with Gasteiger partial charge in [0.1, 0.15) is 5.01 Å². The van der Waals surface area contributed by atoms with Gasteiger partial charge in [0.05, 0.1) is 0 Å². The van der Waals surface area contributed by atoms with Gasteiger partial charge in [0.2, 0.25) is 4.96 Å². The molecule has 28 heavy (non-hydrogen) atoms. The van der Waals surface area contributed by atoms with Crippen molar-refractivity contribution < 1.29 is 4.79 Å². The number of amides is 1. The maximum absolute atomic E-state index is 12.2. The average Bonchev–Trinajstić information content (AvgIpc) is 3.29. The first-order chi connectivity index (χ1) is 13.6. The highest BCUT2D eigenvalue weighted by Gasteiger charge is 2.12. The number of carbonyl (C=O) groups is 1. The molecule has 8 heteroatoms. The van der Waals surface area contributed by atoms with E-state index in [4.69, 9.17) is 11.6 Å². The zero-order valence-electron chi connectivity index (χ0n) is 15.2. The minimum Gasteiger partial charge on any atom is -0.348 e. The van der Waals surface area contributed by atoms with Crippen molar-refractivity contribution in [2.45, 2.75) is 26.3 Å². The van der Waals surface area contributed by atoms with Gasteiger partial charge in [-0.25, -0.2) is 0 Å². The molecule has 2 heterocycles. The van der Waals surface area contributed by atoms with Gasteiger partial charge in [-0.2, -0.15) is 9.61 Å². The van der Waals surface area contributed by atoms with Crippen molar-refractivity contribution in [1.82, 2.24) is 25.1 Å². The molecule has 0 saturated heterocycles. The Kier molecular flexibility index (Phi) is 5.36. The highest BCUT2D eigenvalue weighted by atomic mass is 35.5. The Bertz CT molecular complexity index is 1100.